The van der Waals surface area contributed by atoms with Crippen LogP contribution in [0.1, 0.15) is 28.3 Å². The molecule has 1 aromatic heterocycles. The number of hydrogen-bond acceptors (Lipinski definition) is 5. The van der Waals surface area contributed by atoms with Crippen molar-refractivity contribution in [3.05, 3.63) is 53.5 Å². The first-order chi connectivity index (χ1) is 11.9. The van der Waals surface area contributed by atoms with Crippen LogP contribution in [0, 0.1) is 6.92 Å². The molecule has 3 rings (SSSR count). The third kappa shape index (κ3) is 4.47. The lowest BCUT2D eigenvalue weighted by Crippen LogP contribution is -2.35. The van der Waals surface area contributed by atoms with Crippen molar-refractivity contribution in [3.63, 3.8) is 0 Å². The van der Waals surface area contributed by atoms with Crippen LogP contribution in [-0.4, -0.2) is 33.6 Å². The van der Waals surface area contributed by atoms with Gasteiger partial charge in [-0.1, -0.05) is 6.07 Å². The predicted molar refractivity (Wildman–Crippen MR) is 90.6 cm³/mol. The number of amides is 1. The van der Waals surface area contributed by atoms with Crippen LogP contribution < -0.4 is 10.0 Å². The van der Waals surface area contributed by atoms with Crippen molar-refractivity contribution in [2.75, 3.05) is 13.2 Å². The van der Waals surface area contributed by atoms with Crippen molar-refractivity contribution >= 4 is 15.9 Å². The molecule has 2 N–H and O–H groups in total. The Balaban J connectivity index is 1.68. The summed E-state index contributed by atoms with van der Waals surface area (Å²) in [6.07, 6.45) is 0.641. The van der Waals surface area contributed by atoms with Gasteiger partial charge in [-0.25, -0.2) is 13.1 Å². The molecule has 1 saturated heterocycles. The molecule has 8 heteroatoms. The van der Waals surface area contributed by atoms with Crippen molar-refractivity contribution in [2.45, 2.75) is 30.8 Å². The number of carbonyl (C=O) groups is 1. The second-order valence-corrected chi connectivity index (χ2v) is 7.62. The zero-order valence-corrected chi connectivity index (χ0v) is 14.6. The fraction of sp³-hybridized carbons (Fsp3) is 0.353. The second kappa shape index (κ2) is 7.38. The Labute approximate surface area is 146 Å². The Morgan fingerprint density at radius 2 is 2.12 bits per heavy atom. The van der Waals surface area contributed by atoms with Crippen LogP contribution >= 0.6 is 0 Å². The normalized spacial score (nSPS) is 17.6. The Morgan fingerprint density at radius 1 is 1.28 bits per heavy atom. The maximum Gasteiger partial charge on any atom is 0.251 e. The summed E-state index contributed by atoms with van der Waals surface area (Å²) in [6.45, 7) is 2.97. The fourth-order valence-electron chi connectivity index (χ4n) is 2.57. The highest BCUT2D eigenvalue weighted by molar-refractivity contribution is 7.89. The highest BCUT2D eigenvalue weighted by Crippen LogP contribution is 2.15. The lowest BCUT2D eigenvalue weighted by atomic mass is 10.2. The Kier molecular flexibility index (Phi) is 5.22. The van der Waals surface area contributed by atoms with Crippen LogP contribution in [0.5, 0.6) is 0 Å². The molecule has 1 unspecified atom stereocenters. The van der Waals surface area contributed by atoms with E-state index in [1.165, 1.54) is 12.1 Å². The highest BCUT2D eigenvalue weighted by atomic mass is 32.2. The molecule has 1 atom stereocenters. The minimum absolute atomic E-state index is 0.0564. The summed E-state index contributed by atoms with van der Waals surface area (Å²) in [4.78, 5) is 12.3. The standard InChI is InChI=1S/C17H20N2O5S/c1-12-5-6-15(24-12)10-18-17(20)13-3-2-4-16(9-13)25(21,22)19-14-7-8-23-11-14/h2-6,9,14,19H,7-8,10-11H2,1H3,(H,18,20). The number of nitrogens with one attached hydrogen (secondary N) is 2. The molecule has 0 aliphatic carbocycles. The number of aryl methyl sites for hydroxylation is 1. The van der Waals surface area contributed by atoms with Crippen LogP contribution in [-0.2, 0) is 21.3 Å². The lowest BCUT2D eigenvalue weighted by Gasteiger charge is -2.12. The van der Waals surface area contributed by atoms with E-state index in [0.29, 0.717) is 25.4 Å². The molecule has 134 valence electrons. The van der Waals surface area contributed by atoms with Gasteiger partial charge in [0.05, 0.1) is 18.0 Å². The Bertz CT molecular complexity index is 853. The number of benzene rings is 1. The van der Waals surface area contributed by atoms with Gasteiger partial charge in [0.25, 0.3) is 5.91 Å². The zero-order valence-electron chi connectivity index (χ0n) is 13.8. The summed E-state index contributed by atoms with van der Waals surface area (Å²) in [5.74, 6) is 1.03. The zero-order chi connectivity index (χ0) is 17.9. The minimum Gasteiger partial charge on any atom is -0.465 e. The average molecular weight is 364 g/mol. The Hall–Kier alpha value is -2.16. The molecule has 1 aliphatic rings. The van der Waals surface area contributed by atoms with Gasteiger partial charge in [0.15, 0.2) is 0 Å². The van der Waals surface area contributed by atoms with Crippen molar-refractivity contribution in [2.24, 2.45) is 0 Å². The fourth-order valence-corrected chi connectivity index (χ4v) is 3.87. The smallest absolute Gasteiger partial charge is 0.251 e. The van der Waals surface area contributed by atoms with E-state index in [-0.39, 0.29) is 29.0 Å². The molecule has 2 aromatic rings. The number of furan rings is 1. The van der Waals surface area contributed by atoms with Gasteiger partial charge in [0.1, 0.15) is 11.5 Å². The van der Waals surface area contributed by atoms with Gasteiger partial charge in [-0.2, -0.15) is 0 Å². The van der Waals surface area contributed by atoms with Crippen molar-refractivity contribution in [1.29, 1.82) is 0 Å². The molecule has 25 heavy (non-hydrogen) atoms. The van der Waals surface area contributed by atoms with Gasteiger partial charge >= 0.3 is 0 Å². The van der Waals surface area contributed by atoms with Gasteiger partial charge in [-0.15, -0.1) is 0 Å². The van der Waals surface area contributed by atoms with Crippen LogP contribution in [0.2, 0.25) is 0 Å². The lowest BCUT2D eigenvalue weighted by molar-refractivity contribution is 0.0947. The monoisotopic (exact) mass is 364 g/mol. The maximum absolute atomic E-state index is 12.4. The number of sulfonamides is 1. The molecule has 1 amide bonds. The average Bonchev–Trinajstić information content (AvgIpc) is 3.24. The molecule has 0 spiro atoms. The topological polar surface area (TPSA) is 97.6 Å². The first-order valence-electron chi connectivity index (χ1n) is 7.98. The van der Waals surface area contributed by atoms with E-state index in [2.05, 4.69) is 10.0 Å². The summed E-state index contributed by atoms with van der Waals surface area (Å²) in [6, 6.07) is 9.30. The second-order valence-electron chi connectivity index (χ2n) is 5.90. The molecule has 1 aromatic carbocycles. The van der Waals surface area contributed by atoms with E-state index < -0.39 is 10.0 Å². The van der Waals surface area contributed by atoms with E-state index in [0.717, 1.165) is 5.76 Å². The highest BCUT2D eigenvalue weighted by Gasteiger charge is 2.24. The molecule has 7 nitrogen and oxygen atoms in total. The van der Waals surface area contributed by atoms with Crippen LogP contribution in [0.4, 0.5) is 0 Å². The molecule has 0 saturated carbocycles. The van der Waals surface area contributed by atoms with Gasteiger partial charge in [0.2, 0.25) is 10.0 Å². The van der Waals surface area contributed by atoms with Crippen molar-refractivity contribution in [1.82, 2.24) is 10.0 Å². The summed E-state index contributed by atoms with van der Waals surface area (Å²) in [5.41, 5.74) is 0.272. The van der Waals surface area contributed by atoms with Gasteiger partial charge in [-0.05, 0) is 43.7 Å². The van der Waals surface area contributed by atoms with Crippen molar-refractivity contribution < 1.29 is 22.4 Å². The van der Waals surface area contributed by atoms with Crippen LogP contribution in [0.3, 0.4) is 0 Å². The SMILES string of the molecule is Cc1ccc(CNC(=O)c2cccc(S(=O)(=O)NC3CCOC3)c2)o1. The molecule has 1 aliphatic heterocycles. The Morgan fingerprint density at radius 3 is 2.80 bits per heavy atom. The maximum atomic E-state index is 12.4. The summed E-state index contributed by atoms with van der Waals surface area (Å²) >= 11 is 0. The molecule has 2 heterocycles. The first kappa shape index (κ1) is 17.7. The number of hydrogen-bond donors (Lipinski definition) is 2. The van der Waals surface area contributed by atoms with Gasteiger partial charge in [0, 0.05) is 18.2 Å². The molecule has 0 radical (unpaired) electrons. The van der Waals surface area contributed by atoms with Crippen LogP contribution in [0.15, 0.2) is 45.7 Å². The van der Waals surface area contributed by atoms with E-state index in [9.17, 15) is 13.2 Å². The van der Waals surface area contributed by atoms with Gasteiger partial charge in [-0.3, -0.25) is 4.79 Å². The quantitative estimate of drug-likeness (QED) is 0.811. The van der Waals surface area contributed by atoms with E-state index in [1.54, 1.807) is 18.2 Å². The summed E-state index contributed by atoms with van der Waals surface area (Å²) in [7, 11) is -3.69. The van der Waals surface area contributed by atoms with E-state index in [4.69, 9.17) is 9.15 Å². The number of carbonyl (C=O) groups excluding carboxylic acids is 1. The molecule has 0 bridgehead atoms. The minimum atomic E-state index is -3.69. The predicted octanol–water partition coefficient (Wildman–Crippen LogP) is 1.59. The largest absolute Gasteiger partial charge is 0.465 e. The van der Waals surface area contributed by atoms with E-state index in [1.807, 2.05) is 13.0 Å². The first-order valence-corrected chi connectivity index (χ1v) is 9.46. The van der Waals surface area contributed by atoms with Crippen molar-refractivity contribution in [3.8, 4) is 0 Å². The third-order valence-corrected chi connectivity index (χ3v) is 5.40. The summed E-state index contributed by atoms with van der Waals surface area (Å²) < 4.78 is 38.0. The number of ether oxygens (including phenoxy) is 1. The third-order valence-electron chi connectivity index (χ3n) is 3.88. The number of rotatable bonds is 6. The van der Waals surface area contributed by atoms with Crippen LogP contribution in [0.25, 0.3) is 0 Å². The van der Waals surface area contributed by atoms with Gasteiger partial charge < -0.3 is 14.5 Å². The van der Waals surface area contributed by atoms with E-state index >= 15 is 0 Å². The molecular weight excluding hydrogens is 344 g/mol. The molecule has 1 fully saturated rings. The molecular formula is C17H20N2O5S. The summed E-state index contributed by atoms with van der Waals surface area (Å²) in [5, 5.41) is 2.71.